The van der Waals surface area contributed by atoms with Gasteiger partial charge >= 0.3 is 0 Å². The first-order valence-electron chi connectivity index (χ1n) is 9.71. The van der Waals surface area contributed by atoms with Crippen molar-refractivity contribution in [3.05, 3.63) is 64.7 Å². The van der Waals surface area contributed by atoms with Gasteiger partial charge in [-0.05, 0) is 22.5 Å². The Labute approximate surface area is 180 Å². The number of halogens is 4. The largest absolute Gasteiger partial charge is 0.507 e. The second kappa shape index (κ2) is 8.73. The Morgan fingerprint density at radius 3 is 1.94 bits per heavy atom. The normalized spacial score (nSPS) is 12.5. The highest BCUT2D eigenvalue weighted by atomic mass is 19.2. The molecule has 1 N–H and O–H groups in total. The van der Waals surface area contributed by atoms with Crippen LogP contribution in [0, 0.1) is 23.3 Å². The minimum Gasteiger partial charge on any atom is -0.507 e. The number of aromatic hydroxyl groups is 1. The van der Waals surface area contributed by atoms with Gasteiger partial charge in [-0.15, -0.1) is 0 Å². The van der Waals surface area contributed by atoms with E-state index < -0.39 is 40.1 Å². The highest BCUT2D eigenvalue weighted by molar-refractivity contribution is 5.87. The molecule has 0 aliphatic carbocycles. The van der Waals surface area contributed by atoms with Crippen LogP contribution in [0.2, 0.25) is 0 Å². The lowest BCUT2D eigenvalue weighted by atomic mass is 9.79. The molecule has 0 bridgehead atoms. The number of rotatable bonds is 5. The Kier molecular flexibility index (Phi) is 6.88. The molecule has 3 nitrogen and oxygen atoms in total. The van der Waals surface area contributed by atoms with Crippen LogP contribution in [-0.2, 0) is 10.8 Å². The molecule has 2 aromatic rings. The molecule has 0 radical (unpaired) electrons. The predicted octanol–water partition coefficient (Wildman–Crippen LogP) is 6.86. The van der Waals surface area contributed by atoms with Gasteiger partial charge in [-0.3, -0.25) is 0 Å². The van der Waals surface area contributed by atoms with Crippen molar-refractivity contribution < 1.29 is 27.4 Å². The third-order valence-electron chi connectivity index (χ3n) is 4.69. The van der Waals surface area contributed by atoms with Crippen molar-refractivity contribution in [2.45, 2.75) is 52.4 Å². The maximum atomic E-state index is 14.4. The van der Waals surface area contributed by atoms with Crippen LogP contribution in [0.25, 0.3) is 0 Å². The molecule has 31 heavy (non-hydrogen) atoms. The Morgan fingerprint density at radius 1 is 0.935 bits per heavy atom. The molecule has 168 valence electrons. The number of benzene rings is 2. The minimum absolute atomic E-state index is 0.128. The van der Waals surface area contributed by atoms with Gasteiger partial charge in [0, 0.05) is 17.3 Å². The average molecular weight is 437 g/mol. The van der Waals surface area contributed by atoms with E-state index in [4.69, 9.17) is 0 Å². The topological polar surface area (TPSA) is 41.8 Å². The van der Waals surface area contributed by atoms with Gasteiger partial charge in [0.2, 0.25) is 11.6 Å². The molecule has 0 amide bonds. The zero-order valence-electron chi connectivity index (χ0n) is 18.5. The zero-order chi connectivity index (χ0) is 23.7. The van der Waals surface area contributed by atoms with Gasteiger partial charge in [-0.2, -0.15) is 8.78 Å². The summed E-state index contributed by atoms with van der Waals surface area (Å²) in [5, 5.41) is 10.7. The van der Waals surface area contributed by atoms with Crippen molar-refractivity contribution in [3.8, 4) is 11.5 Å². The quantitative estimate of drug-likeness (QED) is 0.240. The summed E-state index contributed by atoms with van der Waals surface area (Å²) in [4.78, 5) is 3.64. The van der Waals surface area contributed by atoms with Crippen molar-refractivity contribution >= 4 is 11.9 Å². The van der Waals surface area contributed by atoms with E-state index >= 15 is 0 Å². The van der Waals surface area contributed by atoms with Gasteiger partial charge in [0.05, 0.1) is 0 Å². The summed E-state index contributed by atoms with van der Waals surface area (Å²) >= 11 is 0. The molecular formula is C24H27F4NO2. The maximum Gasteiger partial charge on any atom is 0.206 e. The van der Waals surface area contributed by atoms with E-state index in [1.807, 2.05) is 47.6 Å². The molecule has 0 aliphatic heterocycles. The second-order valence-corrected chi connectivity index (χ2v) is 9.25. The van der Waals surface area contributed by atoms with Gasteiger partial charge in [-0.1, -0.05) is 60.3 Å². The molecule has 2 aromatic carbocycles. The summed E-state index contributed by atoms with van der Waals surface area (Å²) in [6.07, 6.45) is 2.17. The number of nitrogens with zero attached hydrogens (tertiary/aromatic N) is 1. The molecule has 0 fully saturated rings. The maximum absolute atomic E-state index is 14.4. The van der Waals surface area contributed by atoms with E-state index in [-0.39, 0.29) is 23.3 Å². The standard InChI is InChI=1S/C24H27F4NO2/c1-8-9-31-22-18(27)16(25)20(17(26)19(22)28)29-12-13-10-14(23(2,3)4)11-15(21(13)30)24(5,6)7/h8,10-12,30H,1,9H2,2-7H3. The molecule has 0 aliphatic rings. The molecule has 2 rings (SSSR count). The monoisotopic (exact) mass is 437 g/mol. The lowest BCUT2D eigenvalue weighted by Crippen LogP contribution is -2.17. The molecular weight excluding hydrogens is 410 g/mol. The van der Waals surface area contributed by atoms with Crippen LogP contribution in [0.5, 0.6) is 11.5 Å². The fourth-order valence-corrected chi connectivity index (χ4v) is 2.88. The predicted molar refractivity (Wildman–Crippen MR) is 115 cm³/mol. The second-order valence-electron chi connectivity index (χ2n) is 9.25. The fraction of sp³-hybridized carbons (Fsp3) is 0.375. The Morgan fingerprint density at radius 2 is 1.48 bits per heavy atom. The summed E-state index contributed by atoms with van der Waals surface area (Å²) in [5.41, 5.74) is -0.263. The van der Waals surface area contributed by atoms with Crippen molar-refractivity contribution in [1.82, 2.24) is 0 Å². The average Bonchev–Trinajstić information content (AvgIpc) is 2.65. The smallest absolute Gasteiger partial charge is 0.206 e. The third kappa shape index (κ3) is 5.09. The molecule has 7 heteroatoms. The number of phenols is 1. The van der Waals surface area contributed by atoms with Gasteiger partial charge in [0.25, 0.3) is 0 Å². The van der Waals surface area contributed by atoms with Crippen molar-refractivity contribution in [2.75, 3.05) is 6.61 Å². The zero-order valence-corrected chi connectivity index (χ0v) is 18.5. The van der Waals surface area contributed by atoms with Crippen LogP contribution in [-0.4, -0.2) is 17.9 Å². The highest BCUT2D eigenvalue weighted by Gasteiger charge is 2.27. The van der Waals surface area contributed by atoms with Crippen LogP contribution in [0.1, 0.15) is 58.2 Å². The van der Waals surface area contributed by atoms with Crippen molar-refractivity contribution in [3.63, 3.8) is 0 Å². The molecule has 0 aromatic heterocycles. The molecule has 0 saturated carbocycles. The lowest BCUT2D eigenvalue weighted by Gasteiger charge is -2.27. The van der Waals surface area contributed by atoms with Crippen LogP contribution in [0.3, 0.4) is 0 Å². The first kappa shape index (κ1) is 24.4. The number of phenolic OH excluding ortho intramolecular Hbond substituents is 1. The lowest BCUT2D eigenvalue weighted by molar-refractivity contribution is 0.303. The van der Waals surface area contributed by atoms with E-state index in [1.165, 1.54) is 6.08 Å². The van der Waals surface area contributed by atoms with Crippen molar-refractivity contribution in [2.24, 2.45) is 4.99 Å². The fourth-order valence-electron chi connectivity index (χ4n) is 2.88. The number of ether oxygens (including phenoxy) is 1. The van der Waals surface area contributed by atoms with Crippen molar-refractivity contribution in [1.29, 1.82) is 0 Å². The molecule has 0 unspecified atom stereocenters. The molecule has 0 saturated heterocycles. The highest BCUT2D eigenvalue weighted by Crippen LogP contribution is 2.38. The molecule has 0 heterocycles. The van der Waals surface area contributed by atoms with E-state index in [0.717, 1.165) is 11.8 Å². The Bertz CT molecular complexity index is 1000. The summed E-state index contributed by atoms with van der Waals surface area (Å²) in [5.74, 6) is -8.10. The van der Waals surface area contributed by atoms with E-state index in [0.29, 0.717) is 5.56 Å². The summed E-state index contributed by atoms with van der Waals surface area (Å²) < 4.78 is 61.9. The SMILES string of the molecule is C=CCOc1c(F)c(F)c(N=Cc2cc(C(C)(C)C)cc(C(C)(C)C)c2O)c(F)c1F. The Balaban J connectivity index is 2.66. The van der Waals surface area contributed by atoms with Crippen LogP contribution in [0.4, 0.5) is 23.2 Å². The summed E-state index contributed by atoms with van der Waals surface area (Å²) in [7, 11) is 0. The number of hydrogen-bond donors (Lipinski definition) is 1. The Hall–Kier alpha value is -2.83. The van der Waals surface area contributed by atoms with Gasteiger partial charge in [-0.25, -0.2) is 13.8 Å². The van der Waals surface area contributed by atoms with Gasteiger partial charge < -0.3 is 9.84 Å². The van der Waals surface area contributed by atoms with E-state index in [9.17, 15) is 22.7 Å². The third-order valence-corrected chi connectivity index (χ3v) is 4.69. The number of hydrogen-bond acceptors (Lipinski definition) is 3. The van der Waals surface area contributed by atoms with Gasteiger partial charge in [0.1, 0.15) is 18.0 Å². The first-order valence-corrected chi connectivity index (χ1v) is 9.71. The van der Waals surface area contributed by atoms with Crippen LogP contribution in [0.15, 0.2) is 29.8 Å². The first-order chi connectivity index (χ1) is 14.2. The summed E-state index contributed by atoms with van der Waals surface area (Å²) in [6, 6.07) is 3.48. The summed E-state index contributed by atoms with van der Waals surface area (Å²) in [6.45, 7) is 14.6. The van der Waals surface area contributed by atoms with Gasteiger partial charge in [0.15, 0.2) is 17.4 Å². The van der Waals surface area contributed by atoms with Crippen LogP contribution >= 0.6 is 0 Å². The molecule has 0 spiro atoms. The minimum atomic E-state index is -1.70. The number of aliphatic imine (C=N–C) groups is 1. The van der Waals surface area contributed by atoms with Crippen LogP contribution < -0.4 is 4.74 Å². The molecule has 0 atom stereocenters. The van der Waals surface area contributed by atoms with E-state index in [2.05, 4.69) is 16.3 Å². The van der Waals surface area contributed by atoms with E-state index in [1.54, 1.807) is 6.07 Å².